The molecule has 1 aromatic carbocycles. The molecule has 0 spiro atoms. The van der Waals surface area contributed by atoms with Gasteiger partial charge >= 0.3 is 0 Å². The summed E-state index contributed by atoms with van der Waals surface area (Å²) < 4.78 is 24.2. The number of nitriles is 1. The zero-order valence-corrected chi connectivity index (χ0v) is 11.7. The topological polar surface area (TPSA) is 68.0 Å². The van der Waals surface area contributed by atoms with Gasteiger partial charge in [-0.1, -0.05) is 11.6 Å². The van der Waals surface area contributed by atoms with Crippen LogP contribution in [0.2, 0.25) is 5.02 Å². The fraction of sp³-hybridized carbons (Fsp3) is 0.0833. The maximum atomic E-state index is 14.0. The lowest BCUT2D eigenvalue weighted by Gasteiger charge is -2.08. The number of halogens is 2. The van der Waals surface area contributed by atoms with Gasteiger partial charge in [-0.05, 0) is 18.2 Å². The first-order chi connectivity index (χ1) is 9.65. The van der Waals surface area contributed by atoms with E-state index in [0.717, 1.165) is 18.4 Å². The first-order valence-corrected chi connectivity index (χ1v) is 6.77. The van der Waals surface area contributed by atoms with Gasteiger partial charge in [0.05, 0.1) is 17.6 Å². The minimum atomic E-state index is -0.847. The quantitative estimate of drug-likeness (QED) is 0.804. The lowest BCUT2D eigenvalue weighted by molar-refractivity contribution is 0.402. The average Bonchev–Trinajstić information content (AvgIpc) is 2.45. The number of hydrogen-bond donors (Lipinski definition) is 0. The number of aromatic nitrogens is 2. The molecule has 0 amide bonds. The summed E-state index contributed by atoms with van der Waals surface area (Å²) in [5, 5.41) is 9.36. The predicted molar refractivity (Wildman–Crippen MR) is 72.4 cm³/mol. The Morgan fingerprint density at radius 3 is 2.80 bits per heavy atom. The normalized spacial score (nSPS) is 9.90. The third-order valence-electron chi connectivity index (χ3n) is 2.16. The van der Waals surface area contributed by atoms with Crippen molar-refractivity contribution in [3.8, 4) is 23.6 Å². The third kappa shape index (κ3) is 3.10. The van der Waals surface area contributed by atoms with Crippen LogP contribution in [0.5, 0.6) is 17.5 Å². The maximum Gasteiger partial charge on any atom is 0.271 e. The smallest absolute Gasteiger partial charge is 0.271 e. The van der Waals surface area contributed by atoms with Gasteiger partial charge in [0.2, 0.25) is 5.82 Å². The lowest BCUT2D eigenvalue weighted by atomic mass is 10.2. The molecule has 8 heteroatoms. The zero-order valence-electron chi connectivity index (χ0n) is 10.1. The molecule has 0 aliphatic rings. The second kappa shape index (κ2) is 6.41. The van der Waals surface area contributed by atoms with E-state index >= 15 is 0 Å². The van der Waals surface area contributed by atoms with E-state index < -0.39 is 5.82 Å². The highest BCUT2D eigenvalue weighted by molar-refractivity contribution is 7.94. The molecule has 1 heterocycles. The summed E-state index contributed by atoms with van der Waals surface area (Å²) in [5.74, 6) is -1.27. The zero-order chi connectivity index (χ0) is 14.5. The van der Waals surface area contributed by atoms with Crippen LogP contribution < -0.4 is 8.92 Å². The van der Waals surface area contributed by atoms with Crippen LogP contribution in [-0.2, 0) is 0 Å². The summed E-state index contributed by atoms with van der Waals surface area (Å²) in [6.07, 6.45) is 2.72. The number of rotatable bonds is 4. The first-order valence-electron chi connectivity index (χ1n) is 5.24. The van der Waals surface area contributed by atoms with Crippen LogP contribution in [0.4, 0.5) is 4.39 Å². The Bertz CT molecular complexity index is 678. The van der Waals surface area contributed by atoms with Crippen molar-refractivity contribution in [3.63, 3.8) is 0 Å². The molecule has 0 aliphatic carbocycles. The van der Waals surface area contributed by atoms with E-state index in [9.17, 15) is 4.39 Å². The molecule has 2 aromatic rings. The second-order valence-electron chi connectivity index (χ2n) is 3.40. The number of nitrogens with zero attached hydrogens (tertiary/aromatic N) is 3. The average molecular weight is 312 g/mol. The Kier molecular flexibility index (Phi) is 4.61. The molecule has 0 saturated carbocycles. The Balaban J connectivity index is 2.36. The molecule has 1 aromatic heterocycles. The second-order valence-corrected chi connectivity index (χ2v) is 4.34. The van der Waals surface area contributed by atoms with Gasteiger partial charge in [-0.15, -0.1) is 0 Å². The van der Waals surface area contributed by atoms with Crippen LogP contribution in [0.25, 0.3) is 0 Å². The highest BCUT2D eigenvalue weighted by Crippen LogP contribution is 2.30. The molecular weight excluding hydrogens is 305 g/mol. The summed E-state index contributed by atoms with van der Waals surface area (Å²) >= 11 is 6.71. The van der Waals surface area contributed by atoms with Gasteiger partial charge in [0, 0.05) is 11.3 Å². The molecule has 5 nitrogen and oxygen atoms in total. The van der Waals surface area contributed by atoms with E-state index in [1.54, 1.807) is 6.26 Å². The van der Waals surface area contributed by atoms with E-state index in [-0.39, 0.29) is 23.1 Å². The highest BCUT2D eigenvalue weighted by Gasteiger charge is 2.16. The highest BCUT2D eigenvalue weighted by atomic mass is 35.5. The Morgan fingerprint density at radius 1 is 1.35 bits per heavy atom. The Morgan fingerprint density at radius 2 is 2.10 bits per heavy atom. The predicted octanol–water partition coefficient (Wildman–Crippen LogP) is 3.59. The molecular formula is C12H7ClFN3O2S. The molecule has 2 rings (SSSR count). The van der Waals surface area contributed by atoms with Crippen LogP contribution in [0.3, 0.4) is 0 Å². The fourth-order valence-corrected chi connectivity index (χ4v) is 1.78. The van der Waals surface area contributed by atoms with Gasteiger partial charge in [0.15, 0.2) is 0 Å². The molecule has 0 bridgehead atoms. The molecule has 20 heavy (non-hydrogen) atoms. The lowest BCUT2D eigenvalue weighted by Crippen LogP contribution is -1.98. The summed E-state index contributed by atoms with van der Waals surface area (Å²) in [6.45, 7) is 0. The van der Waals surface area contributed by atoms with Gasteiger partial charge < -0.3 is 8.92 Å². The van der Waals surface area contributed by atoms with Gasteiger partial charge in [-0.25, -0.2) is 0 Å². The molecule has 0 fully saturated rings. The monoisotopic (exact) mass is 311 g/mol. The van der Waals surface area contributed by atoms with Crippen LogP contribution in [-0.4, -0.2) is 16.2 Å². The number of benzene rings is 1. The number of hydrogen-bond acceptors (Lipinski definition) is 6. The van der Waals surface area contributed by atoms with Gasteiger partial charge in [0.1, 0.15) is 18.1 Å². The van der Waals surface area contributed by atoms with Crippen LogP contribution in [0.15, 0.2) is 24.5 Å². The van der Waals surface area contributed by atoms with E-state index in [4.69, 9.17) is 25.8 Å². The van der Waals surface area contributed by atoms with Crippen LogP contribution >= 0.6 is 23.6 Å². The van der Waals surface area contributed by atoms with Crippen molar-refractivity contribution in [2.45, 2.75) is 0 Å². The molecule has 0 saturated heterocycles. The van der Waals surface area contributed by atoms with Crippen molar-refractivity contribution >= 4 is 23.6 Å². The molecule has 0 radical (unpaired) electrons. The summed E-state index contributed by atoms with van der Waals surface area (Å²) in [4.78, 5) is 7.31. The van der Waals surface area contributed by atoms with E-state index in [1.165, 1.54) is 18.2 Å². The van der Waals surface area contributed by atoms with E-state index in [0.29, 0.717) is 5.02 Å². The van der Waals surface area contributed by atoms with Crippen molar-refractivity contribution in [1.82, 2.24) is 9.97 Å². The minimum Gasteiger partial charge on any atom is -0.435 e. The Labute approximate surface area is 123 Å². The Hall–Kier alpha value is -2.04. The van der Waals surface area contributed by atoms with Crippen molar-refractivity contribution in [2.24, 2.45) is 0 Å². The van der Waals surface area contributed by atoms with Crippen LogP contribution in [0, 0.1) is 17.1 Å². The largest absolute Gasteiger partial charge is 0.435 e. The maximum absolute atomic E-state index is 14.0. The summed E-state index contributed by atoms with van der Waals surface area (Å²) in [6, 6.07) is 6.30. The van der Waals surface area contributed by atoms with Gasteiger partial charge in [0.25, 0.3) is 11.8 Å². The summed E-state index contributed by atoms with van der Waals surface area (Å²) in [7, 11) is 0. The van der Waals surface area contributed by atoms with Crippen molar-refractivity contribution in [1.29, 1.82) is 5.26 Å². The molecule has 102 valence electrons. The molecule has 0 N–H and O–H groups in total. The SMILES string of the molecule is CSOc1ncnc(Oc2ccc(Cl)cc2C#N)c1F. The molecule has 0 aliphatic heterocycles. The fourth-order valence-electron chi connectivity index (χ4n) is 1.33. The summed E-state index contributed by atoms with van der Waals surface area (Å²) in [5.41, 5.74) is 0.169. The third-order valence-corrected chi connectivity index (χ3v) is 2.72. The van der Waals surface area contributed by atoms with Crippen molar-refractivity contribution in [3.05, 3.63) is 40.9 Å². The molecule has 0 unspecified atom stereocenters. The van der Waals surface area contributed by atoms with E-state index in [1.807, 2.05) is 6.07 Å². The van der Waals surface area contributed by atoms with Crippen molar-refractivity contribution in [2.75, 3.05) is 6.26 Å². The first kappa shape index (κ1) is 14.4. The number of ether oxygens (including phenoxy) is 1. The molecule has 0 atom stereocenters. The van der Waals surface area contributed by atoms with Crippen molar-refractivity contribution < 1.29 is 13.3 Å². The minimum absolute atomic E-state index is 0.143. The standard InChI is InChI=1S/C12H7ClFN3O2S/c1-20-19-12-10(14)11(16-6-17-12)18-9-3-2-8(13)4-7(9)5-15/h2-4,6H,1H3. The van der Waals surface area contributed by atoms with Gasteiger partial charge in [-0.2, -0.15) is 19.6 Å². The van der Waals surface area contributed by atoms with Gasteiger partial charge in [-0.3, -0.25) is 0 Å². The van der Waals surface area contributed by atoms with Crippen LogP contribution in [0.1, 0.15) is 5.56 Å². The van der Waals surface area contributed by atoms with E-state index in [2.05, 4.69) is 9.97 Å².